The number of hydrogen-bond donors (Lipinski definition) is 3. The second-order valence-electron chi connectivity index (χ2n) is 12.8. The first-order valence-electron chi connectivity index (χ1n) is 13.6. The van der Waals surface area contributed by atoms with Gasteiger partial charge in [-0.15, -0.1) is 11.8 Å². The predicted octanol–water partition coefficient (Wildman–Crippen LogP) is 3.67. The highest BCUT2D eigenvalue weighted by molar-refractivity contribution is 8.02. The monoisotopic (exact) mass is 529 g/mol. The van der Waals surface area contributed by atoms with E-state index in [9.17, 15) is 19.5 Å². The van der Waals surface area contributed by atoms with Crippen LogP contribution < -0.4 is 10.6 Å². The third-order valence-corrected chi connectivity index (χ3v) is 9.92. The van der Waals surface area contributed by atoms with Gasteiger partial charge in [-0.25, -0.2) is 0 Å². The number of carbonyl (C=O) groups is 3. The Bertz CT molecular complexity index is 1020. The molecule has 1 spiro atoms. The number of thioether (sulfide) groups is 1. The molecular weight excluding hydrogens is 486 g/mol. The van der Waals surface area contributed by atoms with Crippen molar-refractivity contribution in [3.63, 3.8) is 0 Å². The van der Waals surface area contributed by atoms with Gasteiger partial charge >= 0.3 is 0 Å². The van der Waals surface area contributed by atoms with Crippen molar-refractivity contribution in [2.75, 3.05) is 13.2 Å². The molecule has 0 saturated carbocycles. The van der Waals surface area contributed by atoms with Gasteiger partial charge in [0.1, 0.15) is 6.04 Å². The van der Waals surface area contributed by atoms with Crippen LogP contribution >= 0.6 is 11.8 Å². The van der Waals surface area contributed by atoms with Crippen LogP contribution in [0.15, 0.2) is 30.3 Å². The Labute approximate surface area is 225 Å². The van der Waals surface area contributed by atoms with Crippen molar-refractivity contribution in [3.05, 3.63) is 35.9 Å². The first-order valence-corrected chi connectivity index (χ1v) is 14.5. The van der Waals surface area contributed by atoms with Crippen molar-refractivity contribution in [1.29, 1.82) is 0 Å². The molecule has 6 atom stereocenters. The van der Waals surface area contributed by atoms with E-state index in [1.54, 1.807) is 16.7 Å². The number of aliphatic hydroxyl groups excluding tert-OH is 1. The van der Waals surface area contributed by atoms with E-state index in [1.807, 2.05) is 51.1 Å². The zero-order chi connectivity index (χ0) is 27.2. The van der Waals surface area contributed by atoms with Gasteiger partial charge in [-0.3, -0.25) is 14.4 Å². The van der Waals surface area contributed by atoms with Crippen LogP contribution in [0.1, 0.15) is 78.8 Å². The summed E-state index contributed by atoms with van der Waals surface area (Å²) in [7, 11) is 0. The Hall–Kier alpha value is -2.06. The summed E-state index contributed by atoms with van der Waals surface area (Å²) in [6.07, 6.45) is 3.09. The molecule has 3 saturated heterocycles. The summed E-state index contributed by atoms with van der Waals surface area (Å²) < 4.78 is -0.680. The minimum Gasteiger partial charge on any atom is -0.394 e. The molecule has 7 nitrogen and oxygen atoms in total. The maximum absolute atomic E-state index is 14.3. The van der Waals surface area contributed by atoms with E-state index >= 15 is 0 Å². The van der Waals surface area contributed by atoms with Gasteiger partial charge in [-0.2, -0.15) is 0 Å². The number of amides is 3. The Balaban J connectivity index is 1.76. The summed E-state index contributed by atoms with van der Waals surface area (Å²) in [4.78, 5) is 43.4. The van der Waals surface area contributed by atoms with Crippen LogP contribution in [0.3, 0.4) is 0 Å². The number of fused-ring (bicyclic) bond motifs is 1. The molecule has 2 unspecified atom stereocenters. The minimum atomic E-state index is -0.763. The summed E-state index contributed by atoms with van der Waals surface area (Å²) in [5, 5.41) is 16.9. The molecule has 0 aliphatic carbocycles. The molecule has 3 aliphatic heterocycles. The normalized spacial score (nSPS) is 29.8. The highest BCUT2D eigenvalue weighted by atomic mass is 32.2. The highest BCUT2D eigenvalue weighted by Gasteiger charge is 2.74. The van der Waals surface area contributed by atoms with E-state index in [-0.39, 0.29) is 35.0 Å². The maximum Gasteiger partial charge on any atom is 0.244 e. The summed E-state index contributed by atoms with van der Waals surface area (Å²) in [5.41, 5.74) is 0.302. The number of benzene rings is 1. The number of hydrogen-bond acceptors (Lipinski definition) is 5. The van der Waals surface area contributed by atoms with Crippen molar-refractivity contribution >= 4 is 29.5 Å². The van der Waals surface area contributed by atoms with Gasteiger partial charge in [0.2, 0.25) is 17.7 Å². The molecule has 0 aromatic heterocycles. The smallest absolute Gasteiger partial charge is 0.244 e. The Morgan fingerprint density at radius 1 is 1.16 bits per heavy atom. The van der Waals surface area contributed by atoms with E-state index in [1.165, 1.54) is 0 Å². The van der Waals surface area contributed by atoms with Gasteiger partial charge in [0.15, 0.2) is 0 Å². The van der Waals surface area contributed by atoms with Crippen LogP contribution in [0.2, 0.25) is 0 Å². The van der Waals surface area contributed by atoms with Gasteiger partial charge < -0.3 is 20.6 Å². The molecule has 3 N–H and O–H groups in total. The fourth-order valence-corrected chi connectivity index (χ4v) is 9.40. The van der Waals surface area contributed by atoms with E-state index in [0.717, 1.165) is 24.8 Å². The topological polar surface area (TPSA) is 98.7 Å². The molecular formula is C29H43N3O4S. The third kappa shape index (κ3) is 5.16. The van der Waals surface area contributed by atoms with Crippen LogP contribution in [-0.2, 0) is 14.4 Å². The molecule has 8 heteroatoms. The predicted molar refractivity (Wildman–Crippen MR) is 147 cm³/mol. The molecule has 3 amide bonds. The lowest BCUT2D eigenvalue weighted by atomic mass is 9.70. The summed E-state index contributed by atoms with van der Waals surface area (Å²) in [5.74, 6) is -1.51. The number of likely N-dealkylation sites (tertiary alicyclic amines) is 1. The minimum absolute atomic E-state index is 0.00345. The van der Waals surface area contributed by atoms with Gasteiger partial charge in [0, 0.05) is 17.3 Å². The van der Waals surface area contributed by atoms with Crippen LogP contribution in [0.4, 0.5) is 0 Å². The summed E-state index contributed by atoms with van der Waals surface area (Å²) in [6.45, 7) is 12.8. The number of aliphatic hydroxyl groups is 1. The lowest BCUT2D eigenvalue weighted by Crippen LogP contribution is -2.59. The number of nitrogens with zero attached hydrogens (tertiary/aromatic N) is 1. The van der Waals surface area contributed by atoms with Crippen LogP contribution in [0.25, 0.3) is 0 Å². The fraction of sp³-hybridized carbons (Fsp3) is 0.690. The zero-order valence-corrected chi connectivity index (χ0v) is 23.9. The van der Waals surface area contributed by atoms with E-state index in [2.05, 4.69) is 31.4 Å². The van der Waals surface area contributed by atoms with Crippen LogP contribution in [0, 0.1) is 17.3 Å². The van der Waals surface area contributed by atoms with Gasteiger partial charge in [0.25, 0.3) is 0 Å². The fourth-order valence-electron chi connectivity index (χ4n) is 7.19. The SMILES string of the molecule is CCCNC(=O)[C@@H]1[C@H]2C(=O)N([C@H](CO)c3ccccc3)C(C(=O)NC(C)(C)CC(C)(C)C)C23CC[C@H]1S3. The highest BCUT2D eigenvalue weighted by Crippen LogP contribution is 2.67. The number of carbonyl (C=O) groups excluding carboxylic acids is 3. The second-order valence-corrected chi connectivity index (χ2v) is 14.4. The molecule has 0 radical (unpaired) electrons. The molecule has 2 bridgehead atoms. The summed E-state index contributed by atoms with van der Waals surface area (Å²) in [6, 6.07) is 7.99. The van der Waals surface area contributed by atoms with Gasteiger partial charge in [-0.1, -0.05) is 58.0 Å². The first kappa shape index (κ1) is 28.0. The quantitative estimate of drug-likeness (QED) is 0.453. The third-order valence-electron chi connectivity index (χ3n) is 7.97. The number of rotatable bonds is 9. The average molecular weight is 530 g/mol. The maximum atomic E-state index is 14.3. The lowest BCUT2D eigenvalue weighted by molar-refractivity contribution is -0.143. The number of nitrogens with one attached hydrogen (secondary N) is 2. The first-order chi connectivity index (χ1) is 17.3. The lowest BCUT2D eigenvalue weighted by Gasteiger charge is -2.40. The van der Waals surface area contributed by atoms with Crippen LogP contribution in [0.5, 0.6) is 0 Å². The Morgan fingerprint density at radius 2 is 1.84 bits per heavy atom. The van der Waals surface area contributed by atoms with Crippen LogP contribution in [-0.4, -0.2) is 62.5 Å². The van der Waals surface area contributed by atoms with Crippen molar-refractivity contribution in [1.82, 2.24) is 15.5 Å². The van der Waals surface area contributed by atoms with Gasteiger partial charge in [0.05, 0.1) is 29.2 Å². The van der Waals surface area contributed by atoms with E-state index < -0.39 is 34.2 Å². The van der Waals surface area contributed by atoms with Crippen molar-refractivity contribution in [3.8, 4) is 0 Å². The average Bonchev–Trinajstić information content (AvgIpc) is 3.44. The van der Waals surface area contributed by atoms with E-state index in [0.29, 0.717) is 13.0 Å². The largest absolute Gasteiger partial charge is 0.394 e. The van der Waals surface area contributed by atoms with Gasteiger partial charge in [-0.05, 0) is 50.5 Å². The molecule has 3 aliphatic rings. The standard InChI is InChI=1S/C29H43N3O4S/c1-7-15-30-24(34)21-20-13-14-29(37-20)22(21)26(36)32(19(16-33)18-11-9-8-10-12-18)23(29)25(35)31-28(5,6)17-27(2,3)4/h8-12,19-23,33H,7,13-17H2,1-6H3,(H,30,34)(H,31,35)/t19-,20-,21+,22+,23?,29?/m1/s1. The zero-order valence-electron chi connectivity index (χ0n) is 23.0. The van der Waals surface area contributed by atoms with Crippen molar-refractivity contribution in [2.24, 2.45) is 17.3 Å². The molecule has 3 heterocycles. The molecule has 3 fully saturated rings. The van der Waals surface area contributed by atoms with Crippen molar-refractivity contribution < 1.29 is 19.5 Å². The second kappa shape index (κ2) is 10.3. The molecule has 4 rings (SSSR count). The molecule has 37 heavy (non-hydrogen) atoms. The molecule has 1 aromatic carbocycles. The molecule has 204 valence electrons. The van der Waals surface area contributed by atoms with E-state index in [4.69, 9.17) is 0 Å². The Kier molecular flexibility index (Phi) is 7.75. The van der Waals surface area contributed by atoms with Crippen molar-refractivity contribution in [2.45, 2.75) is 94.8 Å². The Morgan fingerprint density at radius 3 is 2.43 bits per heavy atom. The molecule has 1 aromatic rings. The summed E-state index contributed by atoms with van der Waals surface area (Å²) >= 11 is 1.66.